The first-order valence-electron chi connectivity index (χ1n) is 5.93. The number of nitrogens with one attached hydrogen (secondary N) is 1. The van der Waals surface area contributed by atoms with Crippen molar-refractivity contribution in [3.05, 3.63) is 59.8 Å². The van der Waals surface area contributed by atoms with Crippen LogP contribution in [0, 0.1) is 6.92 Å². The number of hydrogen-bond acceptors (Lipinski definition) is 2. The van der Waals surface area contributed by atoms with Gasteiger partial charge in [-0.3, -0.25) is 5.10 Å². The van der Waals surface area contributed by atoms with E-state index in [-0.39, 0.29) is 0 Å². The molecule has 3 aromatic rings. The highest BCUT2D eigenvalue weighted by Crippen LogP contribution is 2.29. The van der Waals surface area contributed by atoms with Crippen molar-refractivity contribution in [2.75, 3.05) is 0 Å². The summed E-state index contributed by atoms with van der Waals surface area (Å²) in [5.41, 5.74) is 3.76. The molecule has 0 atom stereocenters. The highest BCUT2D eigenvalue weighted by atomic mass is 32.2. The first kappa shape index (κ1) is 11.4. The summed E-state index contributed by atoms with van der Waals surface area (Å²) < 4.78 is 0. The van der Waals surface area contributed by atoms with Gasteiger partial charge in [-0.2, -0.15) is 5.10 Å². The van der Waals surface area contributed by atoms with E-state index in [1.54, 1.807) is 0 Å². The summed E-state index contributed by atoms with van der Waals surface area (Å²) in [6, 6.07) is 14.9. The lowest BCUT2D eigenvalue weighted by molar-refractivity contribution is 1.12. The molecule has 0 unspecified atom stereocenters. The average Bonchev–Trinajstić information content (AvgIpc) is 2.84. The topological polar surface area (TPSA) is 28.7 Å². The van der Waals surface area contributed by atoms with E-state index in [2.05, 4.69) is 59.6 Å². The molecule has 3 rings (SSSR count). The Morgan fingerprint density at radius 1 is 1.17 bits per heavy atom. The van der Waals surface area contributed by atoms with Crippen molar-refractivity contribution in [1.82, 2.24) is 10.2 Å². The molecule has 0 fully saturated rings. The Bertz CT molecular complexity index is 659. The Hall–Kier alpha value is -1.74. The van der Waals surface area contributed by atoms with Crippen LogP contribution >= 0.6 is 11.8 Å². The minimum Gasteiger partial charge on any atom is -0.278 e. The maximum Gasteiger partial charge on any atom is 0.0653 e. The Labute approximate surface area is 110 Å². The van der Waals surface area contributed by atoms with E-state index in [0.717, 1.165) is 11.3 Å². The van der Waals surface area contributed by atoms with Gasteiger partial charge in [-0.25, -0.2) is 0 Å². The lowest BCUT2D eigenvalue weighted by Gasteiger charge is -2.06. The molecule has 1 aromatic heterocycles. The van der Waals surface area contributed by atoms with E-state index < -0.39 is 0 Å². The van der Waals surface area contributed by atoms with Crippen molar-refractivity contribution in [1.29, 1.82) is 0 Å². The monoisotopic (exact) mass is 254 g/mol. The molecule has 0 radical (unpaired) electrons. The number of rotatable bonds is 3. The number of aromatic nitrogens is 2. The van der Waals surface area contributed by atoms with Crippen LogP contribution in [0.4, 0.5) is 0 Å². The van der Waals surface area contributed by atoms with Crippen LogP contribution in [0.15, 0.2) is 53.6 Å². The zero-order valence-electron chi connectivity index (χ0n) is 10.2. The molecule has 0 amide bonds. The van der Waals surface area contributed by atoms with Gasteiger partial charge in [-0.1, -0.05) is 30.3 Å². The van der Waals surface area contributed by atoms with Crippen LogP contribution in [0.5, 0.6) is 0 Å². The largest absolute Gasteiger partial charge is 0.278 e. The number of fused-ring (bicyclic) bond motifs is 1. The van der Waals surface area contributed by atoms with Crippen LogP contribution in [-0.2, 0) is 5.75 Å². The number of H-pyrrole nitrogens is 1. The fourth-order valence-electron chi connectivity index (χ4n) is 1.97. The van der Waals surface area contributed by atoms with Gasteiger partial charge in [0.15, 0.2) is 0 Å². The van der Waals surface area contributed by atoms with Gasteiger partial charge in [0.25, 0.3) is 0 Å². The molecule has 1 N–H and O–H groups in total. The van der Waals surface area contributed by atoms with Gasteiger partial charge >= 0.3 is 0 Å². The van der Waals surface area contributed by atoms with Crippen molar-refractivity contribution >= 4 is 22.7 Å². The Balaban J connectivity index is 1.84. The second-order valence-corrected chi connectivity index (χ2v) is 5.37. The van der Waals surface area contributed by atoms with Crippen molar-refractivity contribution in [2.24, 2.45) is 0 Å². The number of hydrogen-bond donors (Lipinski definition) is 1. The maximum atomic E-state index is 4.07. The van der Waals surface area contributed by atoms with E-state index in [1.807, 2.05) is 18.0 Å². The lowest BCUT2D eigenvalue weighted by atomic mass is 10.2. The smallest absolute Gasteiger partial charge is 0.0653 e. The van der Waals surface area contributed by atoms with Crippen molar-refractivity contribution in [3.63, 3.8) is 0 Å². The normalized spacial score (nSPS) is 10.9. The minimum atomic E-state index is 1.00. The van der Waals surface area contributed by atoms with Crippen LogP contribution in [-0.4, -0.2) is 10.2 Å². The third-order valence-electron chi connectivity index (χ3n) is 2.97. The minimum absolute atomic E-state index is 1.00. The number of aromatic amines is 1. The molecule has 3 heteroatoms. The molecule has 0 aliphatic rings. The predicted octanol–water partition coefficient (Wildman–Crippen LogP) is 4.16. The second-order valence-electron chi connectivity index (χ2n) is 4.35. The molecular weight excluding hydrogens is 240 g/mol. The number of aryl methyl sites for hydroxylation is 1. The van der Waals surface area contributed by atoms with Crippen molar-refractivity contribution < 1.29 is 0 Å². The summed E-state index contributed by atoms with van der Waals surface area (Å²) >= 11 is 1.88. The highest BCUT2D eigenvalue weighted by Gasteiger charge is 2.04. The zero-order chi connectivity index (χ0) is 12.4. The Morgan fingerprint density at radius 2 is 2.00 bits per heavy atom. The van der Waals surface area contributed by atoms with Crippen LogP contribution in [0.25, 0.3) is 10.9 Å². The van der Waals surface area contributed by atoms with Crippen molar-refractivity contribution in [3.8, 4) is 0 Å². The fourth-order valence-corrected chi connectivity index (χ4v) is 2.98. The first-order valence-corrected chi connectivity index (χ1v) is 6.92. The molecule has 0 aliphatic heterocycles. The molecule has 0 bridgehead atoms. The van der Waals surface area contributed by atoms with Gasteiger partial charge < -0.3 is 0 Å². The molecule has 0 spiro atoms. The SMILES string of the molecule is Cc1cc2[nH]ncc2cc1SCc1ccccc1. The summed E-state index contributed by atoms with van der Waals surface area (Å²) in [6.07, 6.45) is 1.88. The molecule has 2 nitrogen and oxygen atoms in total. The summed E-state index contributed by atoms with van der Waals surface area (Å²) in [5, 5.41) is 8.25. The van der Waals surface area contributed by atoms with E-state index in [9.17, 15) is 0 Å². The van der Waals surface area contributed by atoms with Gasteiger partial charge in [0.1, 0.15) is 0 Å². The van der Waals surface area contributed by atoms with Gasteiger partial charge in [-0.05, 0) is 30.2 Å². The predicted molar refractivity (Wildman–Crippen MR) is 76.8 cm³/mol. The van der Waals surface area contributed by atoms with Gasteiger partial charge in [0.2, 0.25) is 0 Å². The quantitative estimate of drug-likeness (QED) is 0.711. The molecule has 2 aromatic carbocycles. The average molecular weight is 254 g/mol. The number of nitrogens with zero attached hydrogens (tertiary/aromatic N) is 1. The standard InChI is InChI=1S/C15H14N2S/c1-11-7-14-13(9-16-17-14)8-15(11)18-10-12-5-3-2-4-6-12/h2-9H,10H2,1H3,(H,16,17). The third kappa shape index (κ3) is 2.27. The molecule has 1 heterocycles. The van der Waals surface area contributed by atoms with Gasteiger partial charge in [0.05, 0.1) is 11.7 Å². The zero-order valence-corrected chi connectivity index (χ0v) is 11.0. The van der Waals surface area contributed by atoms with E-state index >= 15 is 0 Å². The maximum absolute atomic E-state index is 4.07. The second kappa shape index (κ2) is 4.86. The number of benzene rings is 2. The first-order chi connectivity index (χ1) is 8.83. The van der Waals surface area contributed by atoms with Crippen LogP contribution in [0.1, 0.15) is 11.1 Å². The van der Waals surface area contributed by atoms with Gasteiger partial charge in [-0.15, -0.1) is 11.8 Å². The molecular formula is C15H14N2S. The molecule has 18 heavy (non-hydrogen) atoms. The molecule has 90 valence electrons. The lowest BCUT2D eigenvalue weighted by Crippen LogP contribution is -1.83. The fraction of sp³-hybridized carbons (Fsp3) is 0.133. The van der Waals surface area contributed by atoms with E-state index in [1.165, 1.54) is 21.4 Å². The summed E-state index contributed by atoms with van der Waals surface area (Å²) in [4.78, 5) is 1.33. The van der Waals surface area contributed by atoms with Gasteiger partial charge in [0, 0.05) is 16.0 Å². The van der Waals surface area contributed by atoms with Crippen LogP contribution in [0.3, 0.4) is 0 Å². The van der Waals surface area contributed by atoms with Crippen molar-refractivity contribution in [2.45, 2.75) is 17.6 Å². The Morgan fingerprint density at radius 3 is 2.83 bits per heavy atom. The summed E-state index contributed by atoms with van der Waals surface area (Å²) in [5.74, 6) is 1.00. The number of thioether (sulfide) groups is 1. The Kier molecular flexibility index (Phi) is 3.07. The third-order valence-corrected chi connectivity index (χ3v) is 4.20. The van der Waals surface area contributed by atoms with Crippen LogP contribution < -0.4 is 0 Å². The van der Waals surface area contributed by atoms with E-state index in [0.29, 0.717) is 0 Å². The summed E-state index contributed by atoms with van der Waals surface area (Å²) in [6.45, 7) is 2.15. The van der Waals surface area contributed by atoms with E-state index in [4.69, 9.17) is 0 Å². The summed E-state index contributed by atoms with van der Waals surface area (Å²) in [7, 11) is 0. The molecule has 0 saturated carbocycles. The highest BCUT2D eigenvalue weighted by molar-refractivity contribution is 7.98. The van der Waals surface area contributed by atoms with Crippen LogP contribution in [0.2, 0.25) is 0 Å². The molecule has 0 aliphatic carbocycles. The molecule has 0 saturated heterocycles.